The Bertz CT molecular complexity index is 1460. The lowest BCUT2D eigenvalue weighted by Gasteiger charge is -2.32. The molecular formula is C30H37N3O3S2. The van der Waals surface area contributed by atoms with Gasteiger partial charge in [-0.25, -0.2) is 8.42 Å². The molecule has 2 aromatic carbocycles. The van der Waals surface area contributed by atoms with Crippen LogP contribution < -0.4 is 15.4 Å². The van der Waals surface area contributed by atoms with E-state index in [0.717, 1.165) is 42.5 Å². The molecular weight excluding hydrogens is 514 g/mol. The molecule has 0 radical (unpaired) electrons. The minimum absolute atomic E-state index is 0.237. The van der Waals surface area contributed by atoms with E-state index < -0.39 is 9.84 Å². The molecule has 8 heteroatoms. The van der Waals surface area contributed by atoms with Crippen LogP contribution in [-0.4, -0.2) is 58.9 Å². The SMILES string of the molecule is CCN1CCC(Nc2cccc3c(CC4CC4)c(C#CCNc4ccc(S(C)(=O)=O)cc4OC)sc23)CC1. The van der Waals surface area contributed by atoms with Crippen molar-refractivity contribution in [1.82, 2.24) is 4.90 Å². The van der Waals surface area contributed by atoms with Crippen molar-refractivity contribution < 1.29 is 13.2 Å². The van der Waals surface area contributed by atoms with Gasteiger partial charge in [0.2, 0.25) is 0 Å². The first-order valence-electron chi connectivity index (χ1n) is 13.5. The maximum Gasteiger partial charge on any atom is 0.175 e. The van der Waals surface area contributed by atoms with Crippen LogP contribution in [0.2, 0.25) is 0 Å². The molecule has 202 valence electrons. The van der Waals surface area contributed by atoms with Crippen LogP contribution in [-0.2, 0) is 16.3 Å². The van der Waals surface area contributed by atoms with Crippen molar-refractivity contribution in [2.24, 2.45) is 5.92 Å². The summed E-state index contributed by atoms with van der Waals surface area (Å²) < 4.78 is 30.5. The number of rotatable bonds is 9. The molecule has 2 aliphatic rings. The van der Waals surface area contributed by atoms with Crippen molar-refractivity contribution in [2.45, 2.75) is 50.0 Å². The summed E-state index contributed by atoms with van der Waals surface area (Å²) in [7, 11) is -1.75. The van der Waals surface area contributed by atoms with Crippen molar-refractivity contribution in [3.05, 3.63) is 46.8 Å². The fraction of sp³-hybridized carbons (Fsp3) is 0.467. The monoisotopic (exact) mass is 551 g/mol. The molecule has 2 fully saturated rings. The zero-order valence-electron chi connectivity index (χ0n) is 22.5. The second-order valence-corrected chi connectivity index (χ2v) is 13.4. The Hall–Kier alpha value is -2.73. The van der Waals surface area contributed by atoms with Crippen molar-refractivity contribution in [2.75, 3.05) is 50.2 Å². The second-order valence-electron chi connectivity index (χ2n) is 10.4. The summed E-state index contributed by atoms with van der Waals surface area (Å²) in [5.41, 5.74) is 3.35. The van der Waals surface area contributed by atoms with E-state index in [1.165, 1.54) is 53.3 Å². The van der Waals surface area contributed by atoms with E-state index in [4.69, 9.17) is 4.74 Å². The maximum atomic E-state index is 11.9. The largest absolute Gasteiger partial charge is 0.495 e. The summed E-state index contributed by atoms with van der Waals surface area (Å²) >= 11 is 1.81. The van der Waals surface area contributed by atoms with Crippen LogP contribution in [0.5, 0.6) is 5.75 Å². The van der Waals surface area contributed by atoms with Gasteiger partial charge in [-0.1, -0.05) is 30.9 Å². The van der Waals surface area contributed by atoms with Gasteiger partial charge in [0.15, 0.2) is 9.84 Å². The van der Waals surface area contributed by atoms with E-state index >= 15 is 0 Å². The van der Waals surface area contributed by atoms with Crippen molar-refractivity contribution in [1.29, 1.82) is 0 Å². The third-order valence-corrected chi connectivity index (χ3v) is 9.88. The van der Waals surface area contributed by atoms with Crippen molar-refractivity contribution >= 4 is 42.6 Å². The smallest absolute Gasteiger partial charge is 0.175 e. The number of hydrogen-bond acceptors (Lipinski definition) is 7. The van der Waals surface area contributed by atoms with Gasteiger partial charge >= 0.3 is 0 Å². The van der Waals surface area contributed by atoms with E-state index in [-0.39, 0.29) is 4.90 Å². The molecule has 1 saturated heterocycles. The van der Waals surface area contributed by atoms with Crippen LogP contribution in [0.1, 0.15) is 43.0 Å². The lowest BCUT2D eigenvalue weighted by molar-refractivity contribution is 0.229. The molecule has 0 unspecified atom stereocenters. The fourth-order valence-electron chi connectivity index (χ4n) is 5.12. The summed E-state index contributed by atoms with van der Waals surface area (Å²) in [6.45, 7) is 6.13. The van der Waals surface area contributed by atoms with Crippen LogP contribution in [0.3, 0.4) is 0 Å². The quantitative estimate of drug-likeness (QED) is 0.336. The molecule has 38 heavy (non-hydrogen) atoms. The molecule has 0 bridgehead atoms. The zero-order chi connectivity index (χ0) is 26.7. The van der Waals surface area contributed by atoms with Gasteiger partial charge in [-0.3, -0.25) is 0 Å². The number of nitrogens with one attached hydrogen (secondary N) is 2. The standard InChI is InChI=1S/C30H37N3O3S2/c1-4-33-17-14-22(15-18-33)32-27-8-5-7-24-25(19-21-10-11-21)29(37-30(24)27)9-6-16-31-26-13-12-23(38(3,34)35)20-28(26)36-2/h5,7-8,12-13,20-22,31-32H,4,10-11,14-19H2,1-3H3. The average molecular weight is 552 g/mol. The zero-order valence-corrected chi connectivity index (χ0v) is 24.1. The van der Waals surface area contributed by atoms with E-state index in [9.17, 15) is 8.42 Å². The number of methoxy groups -OCH3 is 1. The molecule has 1 aliphatic carbocycles. The second kappa shape index (κ2) is 11.6. The fourth-order valence-corrected chi connectivity index (χ4v) is 6.94. The van der Waals surface area contributed by atoms with Crippen LogP contribution >= 0.6 is 11.3 Å². The first-order valence-corrected chi connectivity index (χ1v) is 16.2. The minimum Gasteiger partial charge on any atom is -0.495 e. The molecule has 0 atom stereocenters. The number of nitrogens with zero attached hydrogens (tertiary/aromatic N) is 1. The van der Waals surface area contributed by atoms with Gasteiger partial charge in [0.25, 0.3) is 0 Å². The molecule has 1 saturated carbocycles. The Balaban J connectivity index is 1.35. The number of benzene rings is 2. The highest BCUT2D eigenvalue weighted by molar-refractivity contribution is 7.90. The molecule has 0 amide bonds. The number of ether oxygens (including phenoxy) is 1. The van der Waals surface area contributed by atoms with Crippen LogP contribution in [0, 0.1) is 17.8 Å². The highest BCUT2D eigenvalue weighted by atomic mass is 32.2. The number of fused-ring (bicyclic) bond motifs is 1. The first-order chi connectivity index (χ1) is 18.4. The van der Waals surface area contributed by atoms with Gasteiger partial charge < -0.3 is 20.3 Å². The Morgan fingerprint density at radius 3 is 2.58 bits per heavy atom. The molecule has 5 rings (SSSR count). The summed E-state index contributed by atoms with van der Waals surface area (Å²) in [6.07, 6.45) is 7.26. The summed E-state index contributed by atoms with van der Waals surface area (Å²) in [5.74, 6) is 8.03. The Morgan fingerprint density at radius 2 is 1.89 bits per heavy atom. The van der Waals surface area contributed by atoms with Crippen LogP contribution in [0.25, 0.3) is 10.1 Å². The lowest BCUT2D eigenvalue weighted by atomic mass is 10.0. The van der Waals surface area contributed by atoms with Crippen molar-refractivity contribution in [3.8, 4) is 17.6 Å². The number of piperidine rings is 1. The molecule has 0 spiro atoms. The topological polar surface area (TPSA) is 70.7 Å². The Kier molecular flexibility index (Phi) is 8.18. The lowest BCUT2D eigenvalue weighted by Crippen LogP contribution is -2.38. The molecule has 2 N–H and O–H groups in total. The average Bonchev–Trinajstić information content (AvgIpc) is 3.67. The first kappa shape index (κ1) is 26.9. The number of anilines is 2. The summed E-state index contributed by atoms with van der Waals surface area (Å²) in [5, 5.41) is 8.49. The van der Waals surface area contributed by atoms with E-state index in [2.05, 4.69) is 52.5 Å². The molecule has 1 aromatic heterocycles. The van der Waals surface area contributed by atoms with Gasteiger partial charge in [-0.2, -0.15) is 0 Å². The molecule has 3 aromatic rings. The highest BCUT2D eigenvalue weighted by Crippen LogP contribution is 2.41. The minimum atomic E-state index is -3.29. The van der Waals surface area contributed by atoms with E-state index in [1.54, 1.807) is 36.6 Å². The predicted octanol–water partition coefficient (Wildman–Crippen LogP) is 5.63. The third-order valence-electron chi connectivity index (χ3n) is 7.57. The number of thiophene rings is 1. The Morgan fingerprint density at radius 1 is 1.11 bits per heavy atom. The highest BCUT2D eigenvalue weighted by Gasteiger charge is 2.26. The normalized spacial score (nSPS) is 16.7. The van der Waals surface area contributed by atoms with Gasteiger partial charge in [0.1, 0.15) is 5.75 Å². The predicted molar refractivity (Wildman–Crippen MR) is 158 cm³/mol. The molecule has 6 nitrogen and oxygen atoms in total. The third kappa shape index (κ3) is 6.28. The van der Waals surface area contributed by atoms with E-state index in [0.29, 0.717) is 18.3 Å². The number of likely N-dealkylation sites (tertiary alicyclic amines) is 1. The van der Waals surface area contributed by atoms with Gasteiger partial charge in [-0.15, -0.1) is 11.3 Å². The summed E-state index contributed by atoms with van der Waals surface area (Å²) in [6, 6.07) is 12.0. The number of sulfone groups is 1. The summed E-state index contributed by atoms with van der Waals surface area (Å²) in [4.78, 5) is 3.92. The van der Waals surface area contributed by atoms with Crippen LogP contribution in [0.15, 0.2) is 41.3 Å². The van der Waals surface area contributed by atoms with E-state index in [1.807, 2.05) is 0 Å². The number of hydrogen-bond donors (Lipinski definition) is 2. The van der Waals surface area contributed by atoms with Crippen molar-refractivity contribution in [3.63, 3.8) is 0 Å². The maximum absolute atomic E-state index is 11.9. The van der Waals surface area contributed by atoms with Gasteiger partial charge in [0, 0.05) is 31.5 Å². The molecule has 2 heterocycles. The molecule has 1 aliphatic heterocycles. The van der Waals surface area contributed by atoms with Crippen LogP contribution in [0.4, 0.5) is 11.4 Å². The Labute approximate surface area is 230 Å². The van der Waals surface area contributed by atoms with Gasteiger partial charge in [-0.05, 0) is 73.7 Å². The van der Waals surface area contributed by atoms with Gasteiger partial charge in [0.05, 0.1) is 39.5 Å².